The fraction of sp³-hybridized carbons (Fsp3) is 0. The molecule has 3 nitrogen and oxygen atoms in total. The fourth-order valence-electron chi connectivity index (χ4n) is 2.01. The third-order valence-electron chi connectivity index (χ3n) is 3.01. The van der Waals surface area contributed by atoms with Crippen molar-refractivity contribution in [2.75, 3.05) is 5.73 Å². The molecule has 0 amide bonds. The highest BCUT2D eigenvalue weighted by Gasteiger charge is 2.11. The first kappa shape index (κ1) is 13.9. The van der Waals surface area contributed by atoms with E-state index in [1.165, 1.54) is 16.8 Å². The van der Waals surface area contributed by atoms with Gasteiger partial charge < -0.3 is 5.73 Å². The maximum absolute atomic E-state index is 13.3. The van der Waals surface area contributed by atoms with Gasteiger partial charge >= 0.3 is 0 Å². The van der Waals surface area contributed by atoms with Crippen LogP contribution in [0.3, 0.4) is 0 Å². The second-order valence-corrected chi connectivity index (χ2v) is 5.30. The number of hydrogen-bond acceptors (Lipinski definition) is 2. The van der Waals surface area contributed by atoms with Gasteiger partial charge in [0.1, 0.15) is 11.5 Å². The molecule has 0 radical (unpaired) electrons. The van der Waals surface area contributed by atoms with E-state index in [9.17, 15) is 4.39 Å². The summed E-state index contributed by atoms with van der Waals surface area (Å²) in [5, 5.41) is 5.27. The van der Waals surface area contributed by atoms with Crippen molar-refractivity contribution in [3.05, 3.63) is 64.5 Å². The highest BCUT2D eigenvalue weighted by Crippen LogP contribution is 2.31. The minimum Gasteiger partial charge on any atom is -0.396 e. The number of nitrogens with two attached hydrogens (primary N) is 1. The van der Waals surface area contributed by atoms with E-state index < -0.39 is 0 Å². The Labute approximate surface area is 130 Å². The van der Waals surface area contributed by atoms with Gasteiger partial charge in [-0.25, -0.2) is 9.07 Å². The van der Waals surface area contributed by atoms with Gasteiger partial charge in [0.05, 0.1) is 27.6 Å². The van der Waals surface area contributed by atoms with Crippen LogP contribution in [0.15, 0.2) is 48.7 Å². The van der Waals surface area contributed by atoms with Gasteiger partial charge in [0, 0.05) is 5.56 Å². The minimum atomic E-state index is -0.336. The molecule has 0 aliphatic heterocycles. The molecule has 6 heteroatoms. The number of anilines is 1. The summed E-state index contributed by atoms with van der Waals surface area (Å²) in [6.45, 7) is 0. The number of hydrogen-bond donors (Lipinski definition) is 1. The molecule has 0 aliphatic rings. The molecule has 3 aromatic rings. The van der Waals surface area contributed by atoms with E-state index in [4.69, 9.17) is 28.9 Å². The zero-order chi connectivity index (χ0) is 15.0. The van der Waals surface area contributed by atoms with Crippen molar-refractivity contribution in [1.82, 2.24) is 9.78 Å². The van der Waals surface area contributed by atoms with Crippen LogP contribution in [-0.2, 0) is 0 Å². The molecule has 21 heavy (non-hydrogen) atoms. The lowest BCUT2D eigenvalue weighted by Gasteiger charge is -2.02. The predicted octanol–water partition coefficient (Wildman–Crippen LogP) is 4.57. The van der Waals surface area contributed by atoms with Crippen LogP contribution >= 0.6 is 23.2 Å². The fourth-order valence-corrected chi connectivity index (χ4v) is 2.30. The molecule has 3 rings (SSSR count). The maximum Gasteiger partial charge on any atom is 0.125 e. The van der Waals surface area contributed by atoms with Crippen LogP contribution < -0.4 is 5.73 Å². The summed E-state index contributed by atoms with van der Waals surface area (Å²) in [6, 6.07) is 11.3. The molecule has 106 valence electrons. The van der Waals surface area contributed by atoms with Gasteiger partial charge in [0.15, 0.2) is 0 Å². The van der Waals surface area contributed by atoms with Crippen molar-refractivity contribution in [2.24, 2.45) is 0 Å². The van der Waals surface area contributed by atoms with Crippen molar-refractivity contribution in [2.45, 2.75) is 0 Å². The average Bonchev–Trinajstić information content (AvgIpc) is 2.84. The van der Waals surface area contributed by atoms with Crippen LogP contribution in [-0.4, -0.2) is 9.78 Å². The lowest BCUT2D eigenvalue weighted by atomic mass is 10.1. The van der Waals surface area contributed by atoms with E-state index in [1.807, 2.05) is 0 Å². The Kier molecular flexibility index (Phi) is 3.57. The van der Waals surface area contributed by atoms with Crippen molar-refractivity contribution < 1.29 is 4.39 Å². The number of aromatic nitrogens is 2. The molecule has 0 saturated heterocycles. The molecule has 0 unspecified atom stereocenters. The molecule has 0 bridgehead atoms. The summed E-state index contributed by atoms with van der Waals surface area (Å²) in [6.07, 6.45) is 1.63. The SMILES string of the molecule is Nc1cn(-c2cccc(F)c2)nc1-c1ccc(Cl)c(Cl)c1. The number of nitrogens with zero attached hydrogens (tertiary/aromatic N) is 2. The van der Waals surface area contributed by atoms with Gasteiger partial charge in [-0.1, -0.05) is 35.3 Å². The summed E-state index contributed by atoms with van der Waals surface area (Å²) < 4.78 is 14.8. The second kappa shape index (κ2) is 5.39. The predicted molar refractivity (Wildman–Crippen MR) is 83.4 cm³/mol. The van der Waals surface area contributed by atoms with E-state index in [1.54, 1.807) is 36.5 Å². The quantitative estimate of drug-likeness (QED) is 0.751. The molecule has 0 atom stereocenters. The Morgan fingerprint density at radius 1 is 1.05 bits per heavy atom. The summed E-state index contributed by atoms with van der Waals surface area (Å²) in [5.74, 6) is -0.336. The molecule has 2 aromatic carbocycles. The normalized spacial score (nSPS) is 10.8. The maximum atomic E-state index is 13.3. The first-order chi connectivity index (χ1) is 10.0. The van der Waals surface area contributed by atoms with E-state index >= 15 is 0 Å². The lowest BCUT2D eigenvalue weighted by Crippen LogP contribution is -1.95. The Bertz CT molecular complexity index is 814. The number of rotatable bonds is 2. The highest BCUT2D eigenvalue weighted by molar-refractivity contribution is 6.42. The summed E-state index contributed by atoms with van der Waals surface area (Å²) in [4.78, 5) is 0. The van der Waals surface area contributed by atoms with Crippen molar-refractivity contribution in [1.29, 1.82) is 0 Å². The topological polar surface area (TPSA) is 43.8 Å². The van der Waals surface area contributed by atoms with E-state index in [-0.39, 0.29) is 5.82 Å². The molecule has 1 aromatic heterocycles. The largest absolute Gasteiger partial charge is 0.396 e. The third-order valence-corrected chi connectivity index (χ3v) is 3.75. The molecule has 0 fully saturated rings. The molecule has 1 heterocycles. The first-order valence-corrected chi connectivity index (χ1v) is 6.87. The van der Waals surface area contributed by atoms with Crippen molar-refractivity contribution in [3.8, 4) is 16.9 Å². The van der Waals surface area contributed by atoms with Crippen LogP contribution in [0.1, 0.15) is 0 Å². The highest BCUT2D eigenvalue weighted by atomic mass is 35.5. The van der Waals surface area contributed by atoms with E-state index in [2.05, 4.69) is 5.10 Å². The second-order valence-electron chi connectivity index (χ2n) is 4.49. The molecule has 2 N–H and O–H groups in total. The van der Waals surface area contributed by atoms with E-state index in [0.717, 1.165) is 5.56 Å². The Hall–Kier alpha value is -2.04. The van der Waals surface area contributed by atoms with Crippen molar-refractivity contribution >= 4 is 28.9 Å². The Morgan fingerprint density at radius 2 is 1.86 bits per heavy atom. The first-order valence-electron chi connectivity index (χ1n) is 6.11. The molecule has 0 spiro atoms. The van der Waals surface area contributed by atoms with Crippen LogP contribution in [0, 0.1) is 5.82 Å². The van der Waals surface area contributed by atoms with Gasteiger partial charge in [-0.15, -0.1) is 0 Å². The number of benzene rings is 2. The lowest BCUT2D eigenvalue weighted by molar-refractivity contribution is 0.625. The van der Waals surface area contributed by atoms with Crippen LogP contribution in [0.25, 0.3) is 16.9 Å². The van der Waals surface area contributed by atoms with Gasteiger partial charge in [-0.05, 0) is 30.3 Å². The average molecular weight is 322 g/mol. The molecule has 0 aliphatic carbocycles. The van der Waals surface area contributed by atoms with E-state index in [0.29, 0.717) is 27.1 Å². The standard InChI is InChI=1S/C15H10Cl2FN3/c16-12-5-4-9(6-13(12)17)15-14(19)8-21(20-15)11-3-1-2-10(18)7-11/h1-8H,19H2. The van der Waals surface area contributed by atoms with Gasteiger partial charge in [-0.3, -0.25) is 0 Å². The third kappa shape index (κ3) is 2.73. The van der Waals surface area contributed by atoms with Crippen LogP contribution in [0.4, 0.5) is 10.1 Å². The summed E-state index contributed by atoms with van der Waals surface area (Å²) in [7, 11) is 0. The minimum absolute atomic E-state index is 0.336. The monoisotopic (exact) mass is 321 g/mol. The molecular formula is C15H10Cl2FN3. The Morgan fingerprint density at radius 3 is 2.57 bits per heavy atom. The van der Waals surface area contributed by atoms with Crippen LogP contribution in [0.2, 0.25) is 10.0 Å². The summed E-state index contributed by atoms with van der Waals surface area (Å²) >= 11 is 11.9. The number of nitrogen functional groups attached to an aromatic ring is 1. The zero-order valence-corrected chi connectivity index (χ0v) is 12.2. The van der Waals surface area contributed by atoms with Gasteiger partial charge in [0.25, 0.3) is 0 Å². The van der Waals surface area contributed by atoms with Crippen LogP contribution in [0.5, 0.6) is 0 Å². The molecular weight excluding hydrogens is 312 g/mol. The Balaban J connectivity index is 2.07. The number of halogens is 3. The molecule has 0 saturated carbocycles. The summed E-state index contributed by atoms with van der Waals surface area (Å²) in [5.41, 5.74) is 8.36. The van der Waals surface area contributed by atoms with Gasteiger partial charge in [0.2, 0.25) is 0 Å². The smallest absolute Gasteiger partial charge is 0.125 e. The van der Waals surface area contributed by atoms with Gasteiger partial charge in [-0.2, -0.15) is 5.10 Å². The zero-order valence-electron chi connectivity index (χ0n) is 10.7. The van der Waals surface area contributed by atoms with Crippen molar-refractivity contribution in [3.63, 3.8) is 0 Å².